The maximum atomic E-state index is 13.0. The molecule has 5 fully saturated rings. The molecule has 0 bridgehead atoms. The van der Waals surface area contributed by atoms with E-state index in [1.807, 2.05) is 4.90 Å². The summed E-state index contributed by atoms with van der Waals surface area (Å²) in [5.74, 6) is 0.394. The number of carbonyl (C=O) groups excluding carboxylic acids is 2. The standard InChI is InChI=1S/C32H47N3O6/c1-20(36)41-26-18-32(39)25-7-6-22-17-23(33-29(38)35-15-13-34(4)14-16-35)9-11-30(22,2)24(25)10-12-31(32,3)28(26)21-5-8-27(37)40-19-21/h5,8,19,22-26,28,39H,6-7,9-18H2,1-4H3,(H,33,38). The van der Waals surface area contributed by atoms with Gasteiger partial charge >= 0.3 is 17.6 Å². The lowest BCUT2D eigenvalue weighted by molar-refractivity contribution is -0.202. The van der Waals surface area contributed by atoms with Crippen LogP contribution in [0.2, 0.25) is 0 Å². The van der Waals surface area contributed by atoms with Gasteiger partial charge < -0.3 is 29.4 Å². The molecule has 2 amide bonds. The Morgan fingerprint density at radius 2 is 1.80 bits per heavy atom. The van der Waals surface area contributed by atoms with Gasteiger partial charge in [0.1, 0.15) is 6.10 Å². The minimum atomic E-state index is -0.989. The van der Waals surface area contributed by atoms with Crippen LogP contribution in [0.4, 0.5) is 4.79 Å². The second kappa shape index (κ2) is 10.4. The van der Waals surface area contributed by atoms with E-state index >= 15 is 0 Å². The molecule has 0 spiro atoms. The monoisotopic (exact) mass is 569 g/mol. The number of carbonyl (C=O) groups is 2. The first-order valence-electron chi connectivity index (χ1n) is 15.7. The minimum absolute atomic E-state index is 0.0772. The quantitative estimate of drug-likeness (QED) is 0.533. The Labute approximate surface area is 243 Å². The number of aliphatic hydroxyl groups is 1. The second-order valence-corrected chi connectivity index (χ2v) is 14.3. The van der Waals surface area contributed by atoms with Crippen LogP contribution in [-0.4, -0.2) is 77.9 Å². The molecule has 6 rings (SSSR count). The fourth-order valence-electron chi connectivity index (χ4n) is 10.1. The summed E-state index contributed by atoms with van der Waals surface area (Å²) in [6.07, 6.45) is 8.21. The van der Waals surface area contributed by atoms with Crippen molar-refractivity contribution in [1.29, 1.82) is 0 Å². The molecule has 0 aromatic carbocycles. The number of piperazine rings is 1. The van der Waals surface area contributed by atoms with E-state index in [9.17, 15) is 19.5 Å². The number of likely N-dealkylation sites (N-methyl/N-ethyl adjacent to an activating group) is 1. The number of amides is 2. The van der Waals surface area contributed by atoms with Gasteiger partial charge in [-0.05, 0) is 86.8 Å². The summed E-state index contributed by atoms with van der Waals surface area (Å²) in [6.45, 7) is 9.40. The summed E-state index contributed by atoms with van der Waals surface area (Å²) >= 11 is 0. The van der Waals surface area contributed by atoms with Crippen LogP contribution < -0.4 is 10.9 Å². The maximum Gasteiger partial charge on any atom is 0.335 e. The molecular weight excluding hydrogens is 522 g/mol. The zero-order valence-electron chi connectivity index (χ0n) is 25.1. The van der Waals surface area contributed by atoms with Crippen LogP contribution in [0.1, 0.15) is 83.6 Å². The highest BCUT2D eigenvalue weighted by Gasteiger charge is 2.70. The number of esters is 1. The molecule has 4 saturated carbocycles. The van der Waals surface area contributed by atoms with E-state index in [0.29, 0.717) is 18.3 Å². The summed E-state index contributed by atoms with van der Waals surface area (Å²) in [4.78, 5) is 41.1. The molecule has 5 aliphatic rings. The van der Waals surface area contributed by atoms with Gasteiger partial charge in [-0.3, -0.25) is 4.79 Å². The van der Waals surface area contributed by atoms with Crippen molar-refractivity contribution in [3.05, 3.63) is 34.4 Å². The first kappa shape index (κ1) is 28.7. The van der Waals surface area contributed by atoms with Gasteiger partial charge in [-0.2, -0.15) is 0 Å². The number of hydrogen-bond donors (Lipinski definition) is 2. The average molecular weight is 570 g/mol. The van der Waals surface area contributed by atoms with E-state index in [2.05, 4.69) is 31.1 Å². The zero-order valence-corrected chi connectivity index (χ0v) is 25.1. The number of nitrogens with one attached hydrogen (secondary N) is 1. The molecule has 2 N–H and O–H groups in total. The summed E-state index contributed by atoms with van der Waals surface area (Å²) in [5, 5.41) is 16.1. The smallest absolute Gasteiger partial charge is 0.335 e. The Morgan fingerprint density at radius 1 is 1.05 bits per heavy atom. The molecule has 9 unspecified atom stereocenters. The van der Waals surface area contributed by atoms with E-state index < -0.39 is 22.7 Å². The summed E-state index contributed by atoms with van der Waals surface area (Å²) in [7, 11) is 2.10. The van der Waals surface area contributed by atoms with E-state index in [-0.39, 0.29) is 35.3 Å². The van der Waals surface area contributed by atoms with E-state index in [1.165, 1.54) is 19.3 Å². The molecule has 4 aliphatic carbocycles. The van der Waals surface area contributed by atoms with Gasteiger partial charge in [0.2, 0.25) is 0 Å². The molecular formula is C32H47N3O6. The number of rotatable bonds is 3. The molecule has 41 heavy (non-hydrogen) atoms. The highest BCUT2D eigenvalue weighted by Crippen LogP contribution is 2.70. The van der Waals surface area contributed by atoms with Gasteiger partial charge in [-0.1, -0.05) is 13.8 Å². The Morgan fingerprint density at radius 3 is 2.49 bits per heavy atom. The predicted octanol–water partition coefficient (Wildman–Crippen LogP) is 3.75. The highest BCUT2D eigenvalue weighted by molar-refractivity contribution is 5.74. The summed E-state index contributed by atoms with van der Waals surface area (Å²) < 4.78 is 11.1. The van der Waals surface area contributed by atoms with Crippen LogP contribution in [0.25, 0.3) is 0 Å². The van der Waals surface area contributed by atoms with Crippen molar-refractivity contribution >= 4 is 12.0 Å². The third-order valence-electron chi connectivity index (χ3n) is 12.4. The van der Waals surface area contributed by atoms with Gasteiger partial charge in [-0.15, -0.1) is 0 Å². The lowest BCUT2D eigenvalue weighted by Gasteiger charge is -2.63. The second-order valence-electron chi connectivity index (χ2n) is 14.3. The molecule has 2 heterocycles. The van der Waals surface area contributed by atoms with E-state index in [0.717, 1.165) is 76.7 Å². The molecule has 226 valence electrons. The fourth-order valence-corrected chi connectivity index (χ4v) is 10.1. The lowest BCUT2D eigenvalue weighted by Crippen LogP contribution is -2.62. The SMILES string of the molecule is CC(=O)OC1CC2(O)C3CCC4CC(NC(=O)N5CCN(C)CC5)CCC4(C)C3CCC2(C)C1c1ccc(=O)oc1. The van der Waals surface area contributed by atoms with Crippen LogP contribution in [0.3, 0.4) is 0 Å². The van der Waals surface area contributed by atoms with Crippen molar-refractivity contribution in [2.45, 2.75) is 95.8 Å². The maximum absolute atomic E-state index is 13.0. The molecule has 9 heteroatoms. The topological polar surface area (TPSA) is 112 Å². The van der Waals surface area contributed by atoms with Gasteiger partial charge in [0.05, 0.1) is 11.9 Å². The molecule has 0 radical (unpaired) electrons. The summed E-state index contributed by atoms with van der Waals surface area (Å²) in [6, 6.07) is 3.46. The van der Waals surface area contributed by atoms with E-state index in [1.54, 1.807) is 6.07 Å². The first-order chi connectivity index (χ1) is 19.4. The third-order valence-corrected chi connectivity index (χ3v) is 12.4. The van der Waals surface area contributed by atoms with Crippen LogP contribution in [0.15, 0.2) is 27.6 Å². The number of fused-ring (bicyclic) bond motifs is 5. The van der Waals surface area contributed by atoms with Crippen LogP contribution in [-0.2, 0) is 9.53 Å². The average Bonchev–Trinajstić information content (AvgIpc) is 3.15. The highest BCUT2D eigenvalue weighted by atomic mass is 16.5. The lowest BCUT2D eigenvalue weighted by atomic mass is 9.43. The fraction of sp³-hybridized carbons (Fsp3) is 0.781. The van der Waals surface area contributed by atoms with E-state index in [4.69, 9.17) is 9.15 Å². The van der Waals surface area contributed by atoms with Gasteiger partial charge in [-0.25, -0.2) is 9.59 Å². The van der Waals surface area contributed by atoms with Crippen LogP contribution in [0.5, 0.6) is 0 Å². The zero-order chi connectivity index (χ0) is 29.2. The number of nitrogens with zero attached hydrogens (tertiary/aromatic N) is 2. The number of ether oxygens (including phenoxy) is 1. The number of hydrogen-bond acceptors (Lipinski definition) is 7. The Hall–Kier alpha value is -2.39. The Kier molecular flexibility index (Phi) is 7.29. The normalized spacial score (nSPS) is 42.5. The van der Waals surface area contributed by atoms with Crippen molar-refractivity contribution in [2.24, 2.45) is 28.6 Å². The third kappa shape index (κ3) is 4.71. The Balaban J connectivity index is 1.21. The van der Waals surface area contributed by atoms with Crippen LogP contribution in [0, 0.1) is 28.6 Å². The number of urea groups is 1. The molecule has 1 saturated heterocycles. The molecule has 1 aromatic rings. The van der Waals surface area contributed by atoms with Crippen molar-refractivity contribution in [3.8, 4) is 0 Å². The van der Waals surface area contributed by atoms with Gasteiger partial charge in [0.25, 0.3) is 0 Å². The van der Waals surface area contributed by atoms with Gasteiger partial charge in [0.15, 0.2) is 0 Å². The molecule has 1 aliphatic heterocycles. The van der Waals surface area contributed by atoms with Crippen LogP contribution >= 0.6 is 0 Å². The molecule has 1 aromatic heterocycles. The van der Waals surface area contributed by atoms with Crippen molar-refractivity contribution in [3.63, 3.8) is 0 Å². The summed E-state index contributed by atoms with van der Waals surface area (Å²) in [5.41, 5.74) is -1.00. The molecule has 9 atom stereocenters. The van der Waals surface area contributed by atoms with Crippen molar-refractivity contribution in [2.75, 3.05) is 33.2 Å². The molecule has 9 nitrogen and oxygen atoms in total. The predicted molar refractivity (Wildman–Crippen MR) is 153 cm³/mol. The van der Waals surface area contributed by atoms with Crippen molar-refractivity contribution < 1.29 is 23.8 Å². The van der Waals surface area contributed by atoms with Gasteiger partial charge in [0, 0.05) is 63.0 Å². The van der Waals surface area contributed by atoms with Crippen molar-refractivity contribution in [1.82, 2.24) is 15.1 Å². The minimum Gasteiger partial charge on any atom is -0.462 e. The first-order valence-corrected chi connectivity index (χ1v) is 15.7. The largest absolute Gasteiger partial charge is 0.462 e. The Bertz CT molecular complexity index is 1210.